The van der Waals surface area contributed by atoms with Gasteiger partial charge in [0, 0.05) is 12.2 Å². The number of hydrogen-bond donors (Lipinski definition) is 1. The van der Waals surface area contributed by atoms with Crippen LogP contribution in [0.1, 0.15) is 33.6 Å². The lowest BCUT2D eigenvalue weighted by atomic mass is 10.1. The maximum Gasteiger partial charge on any atom is 0.168 e. The Morgan fingerprint density at radius 3 is 2.74 bits per heavy atom. The first-order valence-electron chi connectivity index (χ1n) is 7.19. The average Bonchev–Trinajstić information content (AvgIpc) is 2.44. The van der Waals surface area contributed by atoms with Gasteiger partial charge < -0.3 is 15.0 Å². The number of pyridine rings is 1. The monoisotopic (exact) mass is 265 g/mol. The van der Waals surface area contributed by atoms with Crippen LogP contribution in [-0.2, 0) is 0 Å². The number of anilines is 1. The fourth-order valence-electron chi connectivity index (χ4n) is 2.13. The Morgan fingerprint density at radius 2 is 2.11 bits per heavy atom. The van der Waals surface area contributed by atoms with E-state index in [1.807, 2.05) is 12.1 Å². The molecular formula is C15H27N3O. The van der Waals surface area contributed by atoms with Crippen molar-refractivity contribution in [3.8, 4) is 5.75 Å². The number of hydrogen-bond acceptors (Lipinski definition) is 4. The first kappa shape index (κ1) is 15.8. The van der Waals surface area contributed by atoms with Crippen LogP contribution in [0.3, 0.4) is 0 Å². The highest BCUT2D eigenvalue weighted by Gasteiger charge is 2.08. The van der Waals surface area contributed by atoms with E-state index in [1.165, 1.54) is 13.0 Å². The molecule has 0 fully saturated rings. The Kier molecular flexibility index (Phi) is 7.26. The topological polar surface area (TPSA) is 37.4 Å². The summed E-state index contributed by atoms with van der Waals surface area (Å²) >= 11 is 0. The maximum absolute atomic E-state index is 5.29. The molecule has 1 aromatic rings. The van der Waals surface area contributed by atoms with E-state index in [-0.39, 0.29) is 0 Å². The second-order valence-electron chi connectivity index (χ2n) is 4.77. The normalized spacial score (nSPS) is 12.5. The smallest absolute Gasteiger partial charge is 0.168 e. The van der Waals surface area contributed by atoms with Gasteiger partial charge in [-0.2, -0.15) is 0 Å². The standard InChI is InChI=1S/C15H27N3O/c1-5-18(6-2)12-8-9-13(3)17-15-14(19-4)10-7-11-16-15/h7,10-11,13H,5-6,8-9,12H2,1-4H3,(H,16,17). The van der Waals surface area contributed by atoms with E-state index in [9.17, 15) is 0 Å². The van der Waals surface area contributed by atoms with E-state index < -0.39 is 0 Å². The van der Waals surface area contributed by atoms with Crippen molar-refractivity contribution in [2.45, 2.75) is 39.7 Å². The molecule has 19 heavy (non-hydrogen) atoms. The predicted octanol–water partition coefficient (Wildman–Crippen LogP) is 3.01. The highest BCUT2D eigenvalue weighted by atomic mass is 16.5. The second-order valence-corrected chi connectivity index (χ2v) is 4.77. The Morgan fingerprint density at radius 1 is 1.37 bits per heavy atom. The van der Waals surface area contributed by atoms with Gasteiger partial charge in [-0.05, 0) is 51.5 Å². The third-order valence-corrected chi connectivity index (χ3v) is 3.38. The van der Waals surface area contributed by atoms with Gasteiger partial charge in [-0.1, -0.05) is 13.8 Å². The highest BCUT2D eigenvalue weighted by Crippen LogP contribution is 2.21. The molecule has 0 aromatic carbocycles. The van der Waals surface area contributed by atoms with Gasteiger partial charge in [-0.3, -0.25) is 0 Å². The molecule has 0 aliphatic carbocycles. The van der Waals surface area contributed by atoms with Crippen LogP contribution in [0.5, 0.6) is 5.75 Å². The highest BCUT2D eigenvalue weighted by molar-refractivity contribution is 5.49. The minimum atomic E-state index is 0.402. The van der Waals surface area contributed by atoms with Crippen molar-refractivity contribution in [2.75, 3.05) is 32.1 Å². The minimum Gasteiger partial charge on any atom is -0.493 e. The number of nitrogens with one attached hydrogen (secondary N) is 1. The molecule has 0 saturated heterocycles. The summed E-state index contributed by atoms with van der Waals surface area (Å²) in [5, 5.41) is 3.42. The zero-order chi connectivity index (χ0) is 14.1. The average molecular weight is 265 g/mol. The van der Waals surface area contributed by atoms with Crippen LogP contribution in [0, 0.1) is 0 Å². The molecule has 0 spiro atoms. The molecule has 0 aliphatic rings. The van der Waals surface area contributed by atoms with Crippen LogP contribution >= 0.6 is 0 Å². The molecule has 0 aliphatic heterocycles. The Balaban J connectivity index is 2.36. The molecule has 1 aromatic heterocycles. The zero-order valence-electron chi connectivity index (χ0n) is 12.6. The van der Waals surface area contributed by atoms with Crippen LogP contribution in [0.4, 0.5) is 5.82 Å². The summed E-state index contributed by atoms with van der Waals surface area (Å²) in [6, 6.07) is 4.21. The van der Waals surface area contributed by atoms with Crippen LogP contribution in [0.15, 0.2) is 18.3 Å². The van der Waals surface area contributed by atoms with Crippen molar-refractivity contribution in [3.05, 3.63) is 18.3 Å². The largest absolute Gasteiger partial charge is 0.493 e. The molecule has 0 bridgehead atoms. The van der Waals surface area contributed by atoms with Gasteiger partial charge in [0.15, 0.2) is 11.6 Å². The third-order valence-electron chi connectivity index (χ3n) is 3.38. The lowest BCUT2D eigenvalue weighted by molar-refractivity contribution is 0.295. The first-order chi connectivity index (χ1) is 9.21. The molecule has 4 heteroatoms. The second kappa shape index (κ2) is 8.75. The molecule has 1 atom stereocenters. The van der Waals surface area contributed by atoms with Crippen LogP contribution in [0.25, 0.3) is 0 Å². The molecule has 1 rings (SSSR count). The zero-order valence-corrected chi connectivity index (χ0v) is 12.6. The van der Waals surface area contributed by atoms with E-state index in [4.69, 9.17) is 4.74 Å². The van der Waals surface area contributed by atoms with Crippen molar-refractivity contribution in [2.24, 2.45) is 0 Å². The first-order valence-corrected chi connectivity index (χ1v) is 7.19. The molecule has 108 valence electrons. The Labute approximate surface area is 117 Å². The van der Waals surface area contributed by atoms with Crippen molar-refractivity contribution in [1.29, 1.82) is 0 Å². The van der Waals surface area contributed by atoms with Crippen LogP contribution in [0.2, 0.25) is 0 Å². The molecule has 0 radical (unpaired) electrons. The Hall–Kier alpha value is -1.29. The van der Waals surface area contributed by atoms with E-state index in [1.54, 1.807) is 13.3 Å². The van der Waals surface area contributed by atoms with E-state index in [2.05, 4.69) is 36.0 Å². The molecule has 0 saturated carbocycles. The van der Waals surface area contributed by atoms with Gasteiger partial charge in [-0.25, -0.2) is 4.98 Å². The van der Waals surface area contributed by atoms with Gasteiger partial charge in [-0.15, -0.1) is 0 Å². The lowest BCUT2D eigenvalue weighted by Crippen LogP contribution is -2.25. The third kappa shape index (κ3) is 5.47. The van der Waals surface area contributed by atoms with E-state index in [0.29, 0.717) is 6.04 Å². The summed E-state index contributed by atoms with van der Waals surface area (Å²) in [5.74, 6) is 1.64. The SMILES string of the molecule is CCN(CC)CCCC(C)Nc1ncccc1OC. The van der Waals surface area contributed by atoms with Crippen molar-refractivity contribution >= 4 is 5.82 Å². The summed E-state index contributed by atoms with van der Waals surface area (Å²) in [7, 11) is 1.67. The quantitative estimate of drug-likeness (QED) is 0.745. The number of rotatable bonds is 9. The summed E-state index contributed by atoms with van der Waals surface area (Å²) in [6.45, 7) is 10.0. The number of methoxy groups -OCH3 is 1. The van der Waals surface area contributed by atoms with Gasteiger partial charge in [0.1, 0.15) is 0 Å². The van der Waals surface area contributed by atoms with Crippen molar-refractivity contribution in [1.82, 2.24) is 9.88 Å². The molecule has 4 nitrogen and oxygen atoms in total. The van der Waals surface area contributed by atoms with Gasteiger partial charge in [0.2, 0.25) is 0 Å². The van der Waals surface area contributed by atoms with E-state index >= 15 is 0 Å². The molecule has 1 heterocycles. The van der Waals surface area contributed by atoms with Crippen molar-refractivity contribution < 1.29 is 4.74 Å². The molecular weight excluding hydrogens is 238 g/mol. The fraction of sp³-hybridized carbons (Fsp3) is 0.667. The number of ether oxygens (including phenoxy) is 1. The minimum absolute atomic E-state index is 0.402. The van der Waals surface area contributed by atoms with Gasteiger partial charge in [0.05, 0.1) is 7.11 Å². The molecule has 1 unspecified atom stereocenters. The predicted molar refractivity (Wildman–Crippen MR) is 80.9 cm³/mol. The van der Waals surface area contributed by atoms with Gasteiger partial charge >= 0.3 is 0 Å². The summed E-state index contributed by atoms with van der Waals surface area (Å²) in [6.07, 6.45) is 4.12. The lowest BCUT2D eigenvalue weighted by Gasteiger charge is -2.20. The summed E-state index contributed by atoms with van der Waals surface area (Å²) < 4.78 is 5.29. The van der Waals surface area contributed by atoms with Crippen LogP contribution in [-0.4, -0.2) is 42.7 Å². The van der Waals surface area contributed by atoms with E-state index in [0.717, 1.165) is 31.1 Å². The number of nitrogens with zero attached hydrogens (tertiary/aromatic N) is 2. The Bertz CT molecular complexity index is 353. The maximum atomic E-state index is 5.29. The fourth-order valence-corrected chi connectivity index (χ4v) is 2.13. The summed E-state index contributed by atoms with van der Waals surface area (Å²) in [5.41, 5.74) is 0. The molecule has 1 N–H and O–H groups in total. The molecule has 0 amide bonds. The number of aromatic nitrogens is 1. The van der Waals surface area contributed by atoms with Crippen LogP contribution < -0.4 is 10.1 Å². The van der Waals surface area contributed by atoms with Crippen molar-refractivity contribution in [3.63, 3.8) is 0 Å². The summed E-state index contributed by atoms with van der Waals surface area (Å²) in [4.78, 5) is 6.77. The van der Waals surface area contributed by atoms with Gasteiger partial charge in [0.25, 0.3) is 0 Å².